The van der Waals surface area contributed by atoms with Gasteiger partial charge in [0.1, 0.15) is 11.5 Å². The molecule has 3 aliphatic rings. The first-order valence-electron chi connectivity index (χ1n) is 12.5. The predicted molar refractivity (Wildman–Crippen MR) is 145 cm³/mol. The molecule has 0 radical (unpaired) electrons. The second-order valence-corrected chi connectivity index (χ2v) is 11.2. The van der Waals surface area contributed by atoms with Crippen LogP contribution in [0.1, 0.15) is 51.2 Å². The van der Waals surface area contributed by atoms with Crippen molar-refractivity contribution in [3.8, 4) is 33.8 Å². The molecular weight excluding hydrogens is 428 g/mol. The van der Waals surface area contributed by atoms with Crippen molar-refractivity contribution >= 4 is 0 Å². The number of hydrogen-bond acceptors (Lipinski definition) is 2. The molecule has 2 N–H and O–H groups in total. The molecule has 0 saturated heterocycles. The number of fused-ring (bicyclic) bond motifs is 1. The highest BCUT2D eigenvalue weighted by atomic mass is 16.3. The third-order valence-electron chi connectivity index (χ3n) is 7.59. The highest BCUT2D eigenvalue weighted by Gasteiger charge is 2.45. The molecule has 2 heteroatoms. The lowest BCUT2D eigenvalue weighted by Gasteiger charge is -2.48. The van der Waals surface area contributed by atoms with E-state index in [9.17, 15) is 10.2 Å². The lowest BCUT2D eigenvalue weighted by Crippen LogP contribution is -2.41. The Bertz CT molecular complexity index is 1280. The van der Waals surface area contributed by atoms with Gasteiger partial charge in [0, 0.05) is 5.41 Å². The topological polar surface area (TPSA) is 40.5 Å². The van der Waals surface area contributed by atoms with Crippen LogP contribution in [0.15, 0.2) is 97.1 Å². The molecule has 0 aromatic heterocycles. The van der Waals surface area contributed by atoms with E-state index in [0.29, 0.717) is 17.4 Å². The SMILES string of the molecule is CC1CC(C)(C)CC(c2cccc(O)c2)(c2cccc(O)c2)C1.c1ccc(-c2cc3ccc2-3)cc1. The normalized spacial score (nSPS) is 18.8. The van der Waals surface area contributed by atoms with Gasteiger partial charge >= 0.3 is 0 Å². The van der Waals surface area contributed by atoms with E-state index in [4.69, 9.17) is 0 Å². The second kappa shape index (κ2) is 8.92. The highest BCUT2D eigenvalue weighted by molar-refractivity contribution is 5.95. The van der Waals surface area contributed by atoms with Crippen molar-refractivity contribution in [3.05, 3.63) is 108 Å². The zero-order valence-electron chi connectivity index (χ0n) is 20.8. The molecule has 3 aliphatic carbocycles. The van der Waals surface area contributed by atoms with E-state index < -0.39 is 0 Å². The fraction of sp³-hybridized carbons (Fsp3) is 0.273. The first-order chi connectivity index (χ1) is 16.8. The maximum Gasteiger partial charge on any atom is 0.115 e. The lowest BCUT2D eigenvalue weighted by molar-refractivity contribution is 0.126. The molecule has 0 aliphatic heterocycles. The summed E-state index contributed by atoms with van der Waals surface area (Å²) >= 11 is 0. The molecule has 178 valence electrons. The Balaban J connectivity index is 0.000000175. The van der Waals surface area contributed by atoms with Gasteiger partial charge in [0.15, 0.2) is 0 Å². The minimum absolute atomic E-state index is 0.168. The number of phenolic OH excluding ortho intramolecular Hbond substituents is 2. The summed E-state index contributed by atoms with van der Waals surface area (Å²) in [5.74, 6) is 1.19. The molecule has 1 atom stereocenters. The van der Waals surface area contributed by atoms with Crippen LogP contribution in [0.3, 0.4) is 0 Å². The summed E-state index contributed by atoms with van der Waals surface area (Å²) in [4.78, 5) is 0. The molecule has 3 aromatic carbocycles. The van der Waals surface area contributed by atoms with Gasteiger partial charge in [-0.1, -0.05) is 87.5 Å². The molecule has 0 amide bonds. The van der Waals surface area contributed by atoms with Crippen LogP contribution in [-0.2, 0) is 5.41 Å². The van der Waals surface area contributed by atoms with Gasteiger partial charge in [-0.15, -0.1) is 0 Å². The molecule has 35 heavy (non-hydrogen) atoms. The van der Waals surface area contributed by atoms with Crippen LogP contribution in [0, 0.1) is 11.3 Å². The van der Waals surface area contributed by atoms with Crippen LogP contribution in [0.5, 0.6) is 11.5 Å². The van der Waals surface area contributed by atoms with Crippen LogP contribution in [-0.4, -0.2) is 10.2 Å². The molecule has 1 unspecified atom stereocenters. The number of benzene rings is 4. The lowest BCUT2D eigenvalue weighted by atomic mass is 9.55. The van der Waals surface area contributed by atoms with Gasteiger partial charge in [-0.2, -0.15) is 0 Å². The first-order valence-corrected chi connectivity index (χ1v) is 12.5. The van der Waals surface area contributed by atoms with E-state index in [1.165, 1.54) is 28.7 Å². The van der Waals surface area contributed by atoms with Crippen molar-refractivity contribution in [2.45, 2.75) is 45.4 Å². The van der Waals surface area contributed by atoms with Gasteiger partial charge in [0.25, 0.3) is 0 Å². The smallest absolute Gasteiger partial charge is 0.115 e. The average Bonchev–Trinajstić information content (AvgIpc) is 2.80. The molecule has 1 fully saturated rings. The van der Waals surface area contributed by atoms with Crippen molar-refractivity contribution in [1.82, 2.24) is 0 Å². The Morgan fingerprint density at radius 1 is 0.629 bits per heavy atom. The fourth-order valence-corrected chi connectivity index (χ4v) is 6.43. The molecule has 0 spiro atoms. The summed E-state index contributed by atoms with van der Waals surface area (Å²) in [6, 6.07) is 32.4. The van der Waals surface area contributed by atoms with E-state index in [1.54, 1.807) is 12.1 Å². The quantitative estimate of drug-likeness (QED) is 0.282. The minimum atomic E-state index is -0.168. The van der Waals surface area contributed by atoms with Gasteiger partial charge in [-0.3, -0.25) is 0 Å². The summed E-state index contributed by atoms with van der Waals surface area (Å²) in [5, 5.41) is 20.0. The molecule has 6 rings (SSSR count). The average molecular weight is 463 g/mol. The van der Waals surface area contributed by atoms with E-state index in [2.05, 4.69) is 81.4 Å². The molecule has 1 saturated carbocycles. The van der Waals surface area contributed by atoms with Crippen LogP contribution in [0.25, 0.3) is 22.3 Å². The van der Waals surface area contributed by atoms with Gasteiger partial charge in [0.2, 0.25) is 0 Å². The van der Waals surface area contributed by atoms with Crippen molar-refractivity contribution in [2.24, 2.45) is 11.3 Å². The largest absolute Gasteiger partial charge is 0.508 e. The van der Waals surface area contributed by atoms with Crippen LogP contribution < -0.4 is 0 Å². The van der Waals surface area contributed by atoms with Gasteiger partial charge in [-0.25, -0.2) is 0 Å². The molecule has 0 heterocycles. The maximum atomic E-state index is 10.0. The third-order valence-corrected chi connectivity index (χ3v) is 7.59. The third kappa shape index (κ3) is 4.58. The number of phenols is 2. The summed E-state index contributed by atoms with van der Waals surface area (Å²) in [6.07, 6.45) is 3.24. The summed E-state index contributed by atoms with van der Waals surface area (Å²) in [5.41, 5.74) is 7.90. The van der Waals surface area contributed by atoms with Gasteiger partial charge in [-0.05, 0) is 94.3 Å². The summed E-state index contributed by atoms with van der Waals surface area (Å²) in [6.45, 7) is 6.95. The van der Waals surface area contributed by atoms with Crippen LogP contribution in [0.2, 0.25) is 0 Å². The Labute approximate surface area is 208 Å². The van der Waals surface area contributed by atoms with E-state index >= 15 is 0 Å². The predicted octanol–water partition coefficient (Wildman–Crippen LogP) is 8.56. The van der Waals surface area contributed by atoms with Crippen LogP contribution >= 0.6 is 0 Å². The van der Waals surface area contributed by atoms with Crippen molar-refractivity contribution in [3.63, 3.8) is 0 Å². The Morgan fingerprint density at radius 2 is 1.26 bits per heavy atom. The van der Waals surface area contributed by atoms with E-state index in [1.807, 2.05) is 24.3 Å². The summed E-state index contributed by atoms with van der Waals surface area (Å²) < 4.78 is 0. The maximum absolute atomic E-state index is 10.0. The molecule has 3 aromatic rings. The standard InChI is InChI=1S/C21H26O2.C12H8/c1-15-12-20(2,3)14-21(13-15,16-6-4-8-18(22)10-16)17-7-5-9-19(23)11-17;1-2-4-9(5-3-1)12-8-10-6-7-11(10)12/h4-11,15,22-23H,12-14H2,1-3H3;1-8H. The zero-order valence-corrected chi connectivity index (χ0v) is 20.8. The van der Waals surface area contributed by atoms with E-state index in [0.717, 1.165) is 24.0 Å². The number of rotatable bonds is 3. The Kier molecular flexibility index (Phi) is 5.92. The monoisotopic (exact) mass is 462 g/mol. The van der Waals surface area contributed by atoms with Gasteiger partial charge in [0.05, 0.1) is 0 Å². The zero-order chi connectivity index (χ0) is 24.6. The number of aromatic hydroxyl groups is 2. The number of hydrogen-bond donors (Lipinski definition) is 2. The highest BCUT2D eigenvalue weighted by Crippen LogP contribution is 2.54. The molecule has 2 nitrogen and oxygen atoms in total. The first kappa shape index (κ1) is 23.2. The van der Waals surface area contributed by atoms with Crippen LogP contribution in [0.4, 0.5) is 0 Å². The Morgan fingerprint density at radius 3 is 1.71 bits per heavy atom. The van der Waals surface area contributed by atoms with Gasteiger partial charge < -0.3 is 10.2 Å². The molecular formula is C33H34O2. The van der Waals surface area contributed by atoms with E-state index in [-0.39, 0.29) is 10.8 Å². The fourth-order valence-electron chi connectivity index (χ4n) is 6.43. The van der Waals surface area contributed by atoms with Crippen molar-refractivity contribution < 1.29 is 10.2 Å². The summed E-state index contributed by atoms with van der Waals surface area (Å²) in [7, 11) is 0. The Hall–Kier alpha value is -3.52. The van der Waals surface area contributed by atoms with Crippen molar-refractivity contribution in [1.29, 1.82) is 0 Å². The second-order valence-electron chi connectivity index (χ2n) is 11.2. The minimum Gasteiger partial charge on any atom is -0.508 e. The van der Waals surface area contributed by atoms with Crippen molar-refractivity contribution in [2.75, 3.05) is 0 Å². The molecule has 0 bridgehead atoms.